The van der Waals surface area contributed by atoms with Gasteiger partial charge in [0.15, 0.2) is 0 Å². The van der Waals surface area contributed by atoms with Gasteiger partial charge in [-0.25, -0.2) is 0 Å². The molecule has 2 aromatic rings. The second-order valence-electron chi connectivity index (χ2n) is 7.50. The molecule has 6 nitrogen and oxygen atoms in total. The van der Waals surface area contributed by atoms with Crippen molar-refractivity contribution in [2.45, 2.75) is 26.1 Å². The van der Waals surface area contributed by atoms with E-state index in [9.17, 15) is 18.3 Å². The van der Waals surface area contributed by atoms with Crippen molar-refractivity contribution in [2.24, 2.45) is 0 Å². The molecule has 0 aromatic heterocycles. The topological polar surface area (TPSA) is 63.2 Å². The lowest BCUT2D eigenvalue weighted by molar-refractivity contribution is -0.138. The Bertz CT molecular complexity index is 886. The van der Waals surface area contributed by atoms with Crippen LogP contribution in [0.25, 0.3) is 0 Å². The van der Waals surface area contributed by atoms with Crippen LogP contribution in [0.3, 0.4) is 0 Å². The van der Waals surface area contributed by atoms with Crippen LogP contribution in [0.1, 0.15) is 31.0 Å². The molecule has 1 fully saturated rings. The number of halogens is 3. The number of anilines is 1. The molecule has 0 saturated carbocycles. The van der Waals surface area contributed by atoms with E-state index in [1.807, 2.05) is 32.0 Å². The Morgan fingerprint density at radius 2 is 1.81 bits per heavy atom. The van der Waals surface area contributed by atoms with Crippen molar-refractivity contribution in [3.63, 3.8) is 0 Å². The number of phenolic OH excluding ortho intramolecular Hbond substituents is 1. The molecule has 9 heteroatoms. The molecule has 2 aromatic carbocycles. The summed E-state index contributed by atoms with van der Waals surface area (Å²) in [4.78, 5) is 2.26. The van der Waals surface area contributed by atoms with Gasteiger partial charge in [-0.05, 0) is 44.2 Å². The third-order valence-corrected chi connectivity index (χ3v) is 5.21. The van der Waals surface area contributed by atoms with Crippen LogP contribution in [0.5, 0.6) is 17.2 Å². The smallest absolute Gasteiger partial charge is 0.420 e. The largest absolute Gasteiger partial charge is 0.507 e. The fraction of sp³-hybridized carbons (Fsp3) is 0.478. The van der Waals surface area contributed by atoms with Crippen LogP contribution in [0.4, 0.5) is 18.9 Å². The maximum absolute atomic E-state index is 13.2. The molecule has 1 saturated heterocycles. The predicted octanol–water partition coefficient (Wildman–Crippen LogP) is 4.69. The minimum absolute atomic E-state index is 0.230. The zero-order chi connectivity index (χ0) is 23.1. The van der Waals surface area contributed by atoms with Crippen LogP contribution in [0, 0.1) is 0 Å². The van der Waals surface area contributed by atoms with Gasteiger partial charge in [-0.3, -0.25) is 4.90 Å². The van der Waals surface area contributed by atoms with Gasteiger partial charge in [0, 0.05) is 25.3 Å². The summed E-state index contributed by atoms with van der Waals surface area (Å²) in [5.41, 5.74) is -0.138. The van der Waals surface area contributed by atoms with Crippen molar-refractivity contribution in [3.8, 4) is 17.2 Å². The number of alkyl halides is 3. The molecule has 176 valence electrons. The van der Waals surface area contributed by atoms with Gasteiger partial charge in [-0.2, -0.15) is 13.2 Å². The summed E-state index contributed by atoms with van der Waals surface area (Å²) < 4.78 is 56.7. The molecule has 32 heavy (non-hydrogen) atoms. The Morgan fingerprint density at radius 3 is 2.47 bits per heavy atom. The quantitative estimate of drug-likeness (QED) is 0.536. The fourth-order valence-corrected chi connectivity index (χ4v) is 3.64. The molecule has 1 heterocycles. The van der Waals surface area contributed by atoms with Gasteiger partial charge in [0.25, 0.3) is 0 Å². The van der Waals surface area contributed by atoms with Gasteiger partial charge in [0.05, 0.1) is 37.0 Å². The van der Waals surface area contributed by atoms with Crippen molar-refractivity contribution in [2.75, 3.05) is 51.4 Å². The first-order chi connectivity index (χ1) is 15.3. The molecule has 0 spiro atoms. The highest BCUT2D eigenvalue weighted by molar-refractivity contribution is 5.56. The zero-order valence-corrected chi connectivity index (χ0v) is 18.2. The van der Waals surface area contributed by atoms with E-state index >= 15 is 0 Å². The third-order valence-electron chi connectivity index (χ3n) is 5.21. The normalized spacial score (nSPS) is 15.9. The highest BCUT2D eigenvalue weighted by Gasteiger charge is 2.34. The van der Waals surface area contributed by atoms with Crippen LogP contribution in [-0.2, 0) is 10.9 Å². The van der Waals surface area contributed by atoms with Crippen LogP contribution < -0.4 is 14.8 Å². The monoisotopic (exact) mass is 454 g/mol. The van der Waals surface area contributed by atoms with E-state index in [2.05, 4.69) is 10.2 Å². The lowest BCUT2D eigenvalue weighted by Crippen LogP contribution is -2.38. The average molecular weight is 454 g/mol. The molecule has 1 unspecified atom stereocenters. The van der Waals surface area contributed by atoms with E-state index in [0.717, 1.165) is 37.3 Å². The summed E-state index contributed by atoms with van der Waals surface area (Å²) in [6.45, 7) is 8.47. The van der Waals surface area contributed by atoms with Crippen LogP contribution in [0.15, 0.2) is 36.4 Å². The van der Waals surface area contributed by atoms with Crippen molar-refractivity contribution in [3.05, 3.63) is 47.5 Å². The Morgan fingerprint density at radius 1 is 1.12 bits per heavy atom. The minimum Gasteiger partial charge on any atom is -0.507 e. The van der Waals surface area contributed by atoms with Crippen LogP contribution in [0.2, 0.25) is 0 Å². The first-order valence-electron chi connectivity index (χ1n) is 10.6. The highest BCUT2D eigenvalue weighted by atomic mass is 19.4. The maximum atomic E-state index is 13.2. The standard InChI is InChI=1S/C23H29F3N2O4/c1-3-31-20-5-4-6-21(32-14-11-28-9-12-30-13-10-28)22(20)16(2)27-17-7-8-19(29)18(15-17)23(24,25)26/h4-8,15-16,27,29H,3,9-14H2,1-2H3. The van der Waals surface area contributed by atoms with E-state index in [1.54, 1.807) is 0 Å². The number of morpholine rings is 1. The molecule has 0 bridgehead atoms. The van der Waals surface area contributed by atoms with E-state index in [-0.39, 0.29) is 5.69 Å². The Labute approximate surface area is 185 Å². The minimum atomic E-state index is -4.65. The third kappa shape index (κ3) is 6.20. The number of hydrogen-bond acceptors (Lipinski definition) is 6. The predicted molar refractivity (Wildman–Crippen MR) is 116 cm³/mol. The molecular weight excluding hydrogens is 425 g/mol. The van der Waals surface area contributed by atoms with Gasteiger partial charge < -0.3 is 24.6 Å². The summed E-state index contributed by atoms with van der Waals surface area (Å²) in [5, 5.41) is 12.7. The molecule has 1 atom stereocenters. The molecule has 0 aliphatic carbocycles. The fourth-order valence-electron chi connectivity index (χ4n) is 3.64. The highest BCUT2D eigenvalue weighted by Crippen LogP contribution is 2.39. The molecule has 0 amide bonds. The first-order valence-corrected chi connectivity index (χ1v) is 10.6. The van der Waals surface area contributed by atoms with Crippen molar-refractivity contribution in [1.29, 1.82) is 0 Å². The molecule has 2 N–H and O–H groups in total. The van der Waals surface area contributed by atoms with Gasteiger partial charge in [-0.1, -0.05) is 6.07 Å². The van der Waals surface area contributed by atoms with Crippen molar-refractivity contribution < 1.29 is 32.5 Å². The van der Waals surface area contributed by atoms with Gasteiger partial charge in [0.1, 0.15) is 23.9 Å². The number of phenols is 1. The molecule has 1 aliphatic heterocycles. The van der Waals surface area contributed by atoms with Gasteiger partial charge >= 0.3 is 6.18 Å². The molecule has 3 rings (SSSR count). The second kappa shape index (κ2) is 10.8. The van der Waals surface area contributed by atoms with Gasteiger partial charge in [0.2, 0.25) is 0 Å². The summed E-state index contributed by atoms with van der Waals surface area (Å²) in [6.07, 6.45) is -4.65. The molecule has 0 radical (unpaired) electrons. The van der Waals surface area contributed by atoms with Crippen LogP contribution in [-0.4, -0.2) is 56.1 Å². The summed E-state index contributed by atoms with van der Waals surface area (Å²) in [5.74, 6) is 0.405. The number of rotatable bonds is 9. The lowest BCUT2D eigenvalue weighted by Gasteiger charge is -2.27. The summed E-state index contributed by atoms with van der Waals surface area (Å²) in [7, 11) is 0. The van der Waals surface area contributed by atoms with E-state index in [0.29, 0.717) is 37.9 Å². The number of hydrogen-bond donors (Lipinski definition) is 2. The Kier molecular flexibility index (Phi) is 8.09. The lowest BCUT2D eigenvalue weighted by atomic mass is 10.0. The van der Waals surface area contributed by atoms with E-state index in [1.165, 1.54) is 6.07 Å². The average Bonchev–Trinajstić information content (AvgIpc) is 2.75. The molecular formula is C23H29F3N2O4. The second-order valence-corrected chi connectivity index (χ2v) is 7.50. The molecule has 1 aliphatic rings. The number of ether oxygens (including phenoxy) is 3. The van der Waals surface area contributed by atoms with Crippen LogP contribution >= 0.6 is 0 Å². The summed E-state index contributed by atoms with van der Waals surface area (Å²) >= 11 is 0. The maximum Gasteiger partial charge on any atom is 0.420 e. The number of aromatic hydroxyl groups is 1. The zero-order valence-electron chi connectivity index (χ0n) is 18.2. The number of benzene rings is 2. The van der Waals surface area contributed by atoms with E-state index in [4.69, 9.17) is 14.2 Å². The van der Waals surface area contributed by atoms with Gasteiger partial charge in [-0.15, -0.1) is 0 Å². The SMILES string of the molecule is CCOc1cccc(OCCN2CCOCC2)c1C(C)Nc1ccc(O)c(C(F)(F)F)c1. The first kappa shape index (κ1) is 24.0. The van der Waals surface area contributed by atoms with Crippen molar-refractivity contribution in [1.82, 2.24) is 4.90 Å². The summed E-state index contributed by atoms with van der Waals surface area (Å²) in [6, 6.07) is 8.38. The Hall–Kier alpha value is -2.65. The van der Waals surface area contributed by atoms with Crippen molar-refractivity contribution >= 4 is 5.69 Å². The number of nitrogens with zero attached hydrogens (tertiary/aromatic N) is 1. The Balaban J connectivity index is 1.78. The van der Waals surface area contributed by atoms with E-state index < -0.39 is 23.5 Å². The number of nitrogens with one attached hydrogen (secondary N) is 1.